The van der Waals surface area contributed by atoms with Crippen LogP contribution >= 0.6 is 27.5 Å². The Labute approximate surface area is 82.5 Å². The molecule has 0 unspecified atom stereocenters. The lowest BCUT2D eigenvalue weighted by atomic mass is 10.4. The molecule has 12 heavy (non-hydrogen) atoms. The molecule has 2 aromatic rings. The van der Waals surface area contributed by atoms with Gasteiger partial charge in [0.2, 0.25) is 0 Å². The van der Waals surface area contributed by atoms with Gasteiger partial charge in [-0.2, -0.15) is 5.10 Å². The Bertz CT molecular complexity index is 412. The molecule has 0 atom stereocenters. The van der Waals surface area contributed by atoms with Crippen LogP contribution in [0.5, 0.6) is 0 Å². The molecule has 2 rings (SSSR count). The summed E-state index contributed by atoms with van der Waals surface area (Å²) in [5, 5.41) is 5.33. The van der Waals surface area contributed by atoms with Crippen molar-refractivity contribution < 1.29 is 0 Å². The molecule has 0 amide bonds. The summed E-state index contributed by atoms with van der Waals surface area (Å²) >= 11 is 9.08. The number of nitrogens with zero attached hydrogens (tertiary/aromatic N) is 3. The van der Waals surface area contributed by atoms with Gasteiger partial charge < -0.3 is 0 Å². The number of hydrogen-bond acceptors (Lipinski definition) is 2. The van der Waals surface area contributed by atoms with Crippen LogP contribution < -0.4 is 0 Å². The summed E-state index contributed by atoms with van der Waals surface area (Å²) in [5.41, 5.74) is 1.84. The average Bonchev–Trinajstić information content (AvgIpc) is 2.46. The maximum Gasteiger partial charge on any atom is 0.160 e. The molecule has 0 aliphatic carbocycles. The molecular formula is C7H5BrClN3. The van der Waals surface area contributed by atoms with Gasteiger partial charge in [0.25, 0.3) is 0 Å². The SMILES string of the molecule is Clc1ccn2ncc(CBr)c2n1. The molecule has 0 fully saturated rings. The van der Waals surface area contributed by atoms with E-state index >= 15 is 0 Å². The van der Waals surface area contributed by atoms with Crippen molar-refractivity contribution in [3.05, 3.63) is 29.2 Å². The number of hydrogen-bond donors (Lipinski definition) is 0. The summed E-state index contributed by atoms with van der Waals surface area (Å²) in [7, 11) is 0. The zero-order valence-electron chi connectivity index (χ0n) is 6.04. The van der Waals surface area contributed by atoms with Crippen molar-refractivity contribution in [2.24, 2.45) is 0 Å². The second kappa shape index (κ2) is 3.03. The summed E-state index contributed by atoms with van der Waals surface area (Å²) < 4.78 is 1.70. The molecule has 0 aromatic carbocycles. The van der Waals surface area contributed by atoms with E-state index in [0.29, 0.717) is 5.15 Å². The first kappa shape index (κ1) is 8.01. The van der Waals surface area contributed by atoms with Crippen LogP contribution in [0, 0.1) is 0 Å². The number of alkyl halides is 1. The zero-order valence-corrected chi connectivity index (χ0v) is 8.38. The van der Waals surface area contributed by atoms with E-state index in [2.05, 4.69) is 26.0 Å². The minimum absolute atomic E-state index is 0.491. The van der Waals surface area contributed by atoms with Crippen molar-refractivity contribution in [3.8, 4) is 0 Å². The molecule has 0 spiro atoms. The largest absolute Gasteiger partial charge is 0.222 e. The molecule has 2 heterocycles. The van der Waals surface area contributed by atoms with E-state index < -0.39 is 0 Å². The predicted molar refractivity (Wildman–Crippen MR) is 50.6 cm³/mol. The van der Waals surface area contributed by atoms with Gasteiger partial charge in [0.1, 0.15) is 5.15 Å². The average molecular weight is 246 g/mol. The highest BCUT2D eigenvalue weighted by molar-refractivity contribution is 9.08. The molecule has 0 bridgehead atoms. The van der Waals surface area contributed by atoms with E-state index in [0.717, 1.165) is 16.5 Å². The predicted octanol–water partition coefficient (Wildman–Crippen LogP) is 2.28. The summed E-state index contributed by atoms with van der Waals surface area (Å²) in [5.74, 6) is 0. The van der Waals surface area contributed by atoms with Gasteiger partial charge in [0.05, 0.1) is 6.20 Å². The minimum Gasteiger partial charge on any atom is -0.222 e. The highest BCUT2D eigenvalue weighted by Gasteiger charge is 2.03. The minimum atomic E-state index is 0.491. The molecule has 0 saturated heterocycles. The Kier molecular flexibility index (Phi) is 2.02. The second-order valence-electron chi connectivity index (χ2n) is 2.32. The van der Waals surface area contributed by atoms with Crippen molar-refractivity contribution >= 4 is 33.2 Å². The lowest BCUT2D eigenvalue weighted by molar-refractivity contribution is 0.939. The number of aromatic nitrogens is 3. The molecule has 3 nitrogen and oxygen atoms in total. The number of halogens is 2. The molecule has 2 aromatic heterocycles. The molecule has 0 aliphatic rings. The molecule has 5 heteroatoms. The first-order chi connectivity index (χ1) is 5.81. The Morgan fingerprint density at radius 1 is 1.58 bits per heavy atom. The van der Waals surface area contributed by atoms with E-state index in [1.165, 1.54) is 0 Å². The van der Waals surface area contributed by atoms with E-state index in [-0.39, 0.29) is 0 Å². The highest BCUT2D eigenvalue weighted by Crippen LogP contribution is 2.13. The van der Waals surface area contributed by atoms with Crippen LogP contribution in [-0.2, 0) is 5.33 Å². The fourth-order valence-corrected chi connectivity index (χ4v) is 1.52. The van der Waals surface area contributed by atoms with Crippen molar-refractivity contribution in [2.75, 3.05) is 0 Å². The van der Waals surface area contributed by atoms with E-state index in [1.807, 2.05) is 0 Å². The number of fused-ring (bicyclic) bond motifs is 1. The summed E-state index contributed by atoms with van der Waals surface area (Å²) in [6, 6.07) is 1.71. The third-order valence-corrected chi connectivity index (χ3v) is 2.37. The van der Waals surface area contributed by atoms with Gasteiger partial charge in [0.15, 0.2) is 5.65 Å². The molecule has 0 radical (unpaired) electrons. The second-order valence-corrected chi connectivity index (χ2v) is 3.27. The summed E-state index contributed by atoms with van der Waals surface area (Å²) in [4.78, 5) is 4.14. The van der Waals surface area contributed by atoms with Crippen LogP contribution in [0.3, 0.4) is 0 Å². The highest BCUT2D eigenvalue weighted by atomic mass is 79.9. The van der Waals surface area contributed by atoms with Crippen LogP contribution in [-0.4, -0.2) is 14.6 Å². The van der Waals surface area contributed by atoms with Crippen LogP contribution in [0.4, 0.5) is 0 Å². The van der Waals surface area contributed by atoms with Crippen molar-refractivity contribution in [2.45, 2.75) is 5.33 Å². The molecule has 62 valence electrons. The molecular weight excluding hydrogens is 241 g/mol. The van der Waals surface area contributed by atoms with Crippen LogP contribution in [0.2, 0.25) is 5.15 Å². The first-order valence-electron chi connectivity index (χ1n) is 3.36. The van der Waals surface area contributed by atoms with Crippen molar-refractivity contribution in [1.29, 1.82) is 0 Å². The van der Waals surface area contributed by atoms with Gasteiger partial charge in [-0.3, -0.25) is 0 Å². The van der Waals surface area contributed by atoms with Gasteiger partial charge in [-0.05, 0) is 6.07 Å². The molecule has 0 saturated carbocycles. The first-order valence-corrected chi connectivity index (χ1v) is 4.86. The Balaban J connectivity index is 2.75. The van der Waals surface area contributed by atoms with Crippen molar-refractivity contribution in [1.82, 2.24) is 14.6 Å². The zero-order chi connectivity index (χ0) is 8.55. The molecule has 0 aliphatic heterocycles. The fraction of sp³-hybridized carbons (Fsp3) is 0.143. The van der Waals surface area contributed by atoms with Crippen LogP contribution in [0.25, 0.3) is 5.65 Å². The van der Waals surface area contributed by atoms with Gasteiger partial charge in [0, 0.05) is 17.1 Å². The lowest BCUT2D eigenvalue weighted by Gasteiger charge is -1.93. The number of rotatable bonds is 1. The maximum absolute atomic E-state index is 5.74. The third kappa shape index (κ3) is 1.21. The van der Waals surface area contributed by atoms with E-state index in [1.54, 1.807) is 23.0 Å². The third-order valence-electron chi connectivity index (χ3n) is 1.55. The van der Waals surface area contributed by atoms with E-state index in [9.17, 15) is 0 Å². The van der Waals surface area contributed by atoms with Gasteiger partial charge in [-0.1, -0.05) is 27.5 Å². The van der Waals surface area contributed by atoms with Gasteiger partial charge in [-0.15, -0.1) is 0 Å². The van der Waals surface area contributed by atoms with Crippen molar-refractivity contribution in [3.63, 3.8) is 0 Å². The standard InChI is InChI=1S/C7H5BrClN3/c8-3-5-4-10-12-2-1-6(9)11-7(5)12/h1-2,4H,3H2. The van der Waals surface area contributed by atoms with Gasteiger partial charge in [-0.25, -0.2) is 9.50 Å². The quantitative estimate of drug-likeness (QED) is 0.571. The van der Waals surface area contributed by atoms with Gasteiger partial charge >= 0.3 is 0 Å². The Morgan fingerprint density at radius 3 is 3.17 bits per heavy atom. The molecule has 0 N–H and O–H groups in total. The fourth-order valence-electron chi connectivity index (χ4n) is 0.988. The Hall–Kier alpha value is -0.610. The topological polar surface area (TPSA) is 30.2 Å². The summed E-state index contributed by atoms with van der Waals surface area (Å²) in [6.45, 7) is 0. The Morgan fingerprint density at radius 2 is 2.42 bits per heavy atom. The van der Waals surface area contributed by atoms with Crippen LogP contribution in [0.15, 0.2) is 18.5 Å². The van der Waals surface area contributed by atoms with Crippen LogP contribution in [0.1, 0.15) is 5.56 Å². The van der Waals surface area contributed by atoms with E-state index in [4.69, 9.17) is 11.6 Å². The monoisotopic (exact) mass is 245 g/mol. The smallest absolute Gasteiger partial charge is 0.160 e. The summed E-state index contributed by atoms with van der Waals surface area (Å²) in [6.07, 6.45) is 3.56. The lowest BCUT2D eigenvalue weighted by Crippen LogP contribution is -1.89. The normalized spacial score (nSPS) is 10.8. The maximum atomic E-state index is 5.74.